The van der Waals surface area contributed by atoms with Crippen LogP contribution in [0.2, 0.25) is 0 Å². The van der Waals surface area contributed by atoms with Gasteiger partial charge in [-0.2, -0.15) is 0 Å². The third-order valence-electron chi connectivity index (χ3n) is 5.92. The Bertz CT molecular complexity index is 246. The molecule has 1 heteroatoms. The van der Waals surface area contributed by atoms with Gasteiger partial charge < -0.3 is 5.11 Å². The average molecular weight is 236 g/mol. The molecular formula is C16H28O. The van der Waals surface area contributed by atoms with Gasteiger partial charge in [0.2, 0.25) is 0 Å². The number of hydrogen-bond acceptors (Lipinski definition) is 1. The molecule has 0 bridgehead atoms. The van der Waals surface area contributed by atoms with Crippen LogP contribution < -0.4 is 0 Å². The average Bonchev–Trinajstić information content (AvgIpc) is 2.33. The van der Waals surface area contributed by atoms with Crippen LogP contribution in [-0.2, 0) is 0 Å². The molecule has 3 aliphatic rings. The maximum absolute atomic E-state index is 10.4. The lowest BCUT2D eigenvalue weighted by Gasteiger charge is -2.41. The summed E-state index contributed by atoms with van der Waals surface area (Å²) in [5, 5.41) is 10.4. The monoisotopic (exact) mass is 236 g/mol. The van der Waals surface area contributed by atoms with Gasteiger partial charge in [-0.25, -0.2) is 0 Å². The Morgan fingerprint density at radius 3 is 2.29 bits per heavy atom. The van der Waals surface area contributed by atoms with Crippen molar-refractivity contribution >= 4 is 0 Å². The van der Waals surface area contributed by atoms with Crippen molar-refractivity contribution in [2.75, 3.05) is 0 Å². The van der Waals surface area contributed by atoms with Crippen LogP contribution in [0.1, 0.15) is 70.6 Å². The lowest BCUT2D eigenvalue weighted by molar-refractivity contribution is 0.0142. The molecule has 3 fully saturated rings. The molecule has 1 nitrogen and oxygen atoms in total. The van der Waals surface area contributed by atoms with E-state index in [4.69, 9.17) is 0 Å². The molecule has 0 aromatic heterocycles. The van der Waals surface area contributed by atoms with Crippen molar-refractivity contribution in [3.63, 3.8) is 0 Å². The van der Waals surface area contributed by atoms with Gasteiger partial charge in [0.1, 0.15) is 0 Å². The minimum absolute atomic E-state index is 0.0307. The van der Waals surface area contributed by atoms with Gasteiger partial charge in [0.25, 0.3) is 0 Å². The standard InChI is InChI=1S/C16H28O/c17-16(10-12-4-3-5-12)15-9-8-13-6-1-2-7-14(13)11-15/h12-17H,1-11H2. The number of rotatable bonds is 3. The summed E-state index contributed by atoms with van der Waals surface area (Å²) in [6, 6.07) is 0. The van der Waals surface area contributed by atoms with E-state index in [1.165, 1.54) is 64.2 Å². The van der Waals surface area contributed by atoms with Gasteiger partial charge in [-0.1, -0.05) is 44.9 Å². The van der Waals surface area contributed by atoms with E-state index in [0.29, 0.717) is 5.92 Å². The minimum atomic E-state index is 0.0307. The summed E-state index contributed by atoms with van der Waals surface area (Å²) in [4.78, 5) is 0. The maximum Gasteiger partial charge on any atom is 0.0571 e. The van der Waals surface area contributed by atoms with E-state index in [1.807, 2.05) is 0 Å². The molecule has 0 saturated heterocycles. The predicted octanol–water partition coefficient (Wildman–Crippen LogP) is 4.14. The quantitative estimate of drug-likeness (QED) is 0.780. The fourth-order valence-electron chi connectivity index (χ4n) is 4.52. The fraction of sp³-hybridized carbons (Fsp3) is 1.00. The number of aliphatic hydroxyl groups is 1. The molecule has 0 aromatic carbocycles. The number of aliphatic hydroxyl groups excluding tert-OH is 1. The van der Waals surface area contributed by atoms with E-state index in [0.717, 1.165) is 24.2 Å². The third kappa shape index (κ3) is 2.70. The second-order valence-electron chi connectivity index (χ2n) is 6.98. The maximum atomic E-state index is 10.4. The van der Waals surface area contributed by atoms with E-state index in [9.17, 15) is 5.11 Å². The van der Waals surface area contributed by atoms with E-state index >= 15 is 0 Å². The zero-order valence-corrected chi connectivity index (χ0v) is 11.1. The zero-order chi connectivity index (χ0) is 11.7. The number of hydrogen-bond donors (Lipinski definition) is 1. The van der Waals surface area contributed by atoms with Crippen molar-refractivity contribution in [1.29, 1.82) is 0 Å². The summed E-state index contributed by atoms with van der Waals surface area (Å²) in [5.74, 6) is 3.51. The van der Waals surface area contributed by atoms with Crippen LogP contribution in [0.5, 0.6) is 0 Å². The second kappa shape index (κ2) is 5.30. The summed E-state index contributed by atoms with van der Waals surface area (Å²) in [5.41, 5.74) is 0. The Labute approximate surface area is 106 Å². The molecular weight excluding hydrogens is 208 g/mol. The van der Waals surface area contributed by atoms with Gasteiger partial charge in [0.05, 0.1) is 6.10 Å². The summed E-state index contributed by atoms with van der Waals surface area (Å²) in [6.45, 7) is 0. The van der Waals surface area contributed by atoms with Crippen LogP contribution in [0.3, 0.4) is 0 Å². The summed E-state index contributed by atoms with van der Waals surface area (Å²) < 4.78 is 0. The predicted molar refractivity (Wildman–Crippen MR) is 70.8 cm³/mol. The Kier molecular flexibility index (Phi) is 3.75. The summed E-state index contributed by atoms with van der Waals surface area (Å²) in [7, 11) is 0. The largest absolute Gasteiger partial charge is 0.393 e. The first-order chi connectivity index (χ1) is 8.33. The molecule has 1 N–H and O–H groups in total. The van der Waals surface area contributed by atoms with Crippen LogP contribution in [0.4, 0.5) is 0 Å². The molecule has 98 valence electrons. The van der Waals surface area contributed by atoms with Crippen LogP contribution in [0, 0.1) is 23.7 Å². The summed E-state index contributed by atoms with van der Waals surface area (Å²) in [6.07, 6.45) is 15.3. The molecule has 0 aromatic rings. The highest BCUT2D eigenvalue weighted by atomic mass is 16.3. The first-order valence-corrected chi connectivity index (χ1v) is 8.01. The molecule has 3 rings (SSSR count). The minimum Gasteiger partial charge on any atom is -0.393 e. The van der Waals surface area contributed by atoms with Crippen molar-refractivity contribution in [2.45, 2.75) is 76.7 Å². The first-order valence-electron chi connectivity index (χ1n) is 8.01. The lowest BCUT2D eigenvalue weighted by atomic mass is 9.65. The van der Waals surface area contributed by atoms with Crippen LogP contribution in [0.25, 0.3) is 0 Å². The Hall–Kier alpha value is -0.0400. The van der Waals surface area contributed by atoms with Crippen molar-refractivity contribution in [1.82, 2.24) is 0 Å². The summed E-state index contributed by atoms with van der Waals surface area (Å²) >= 11 is 0. The second-order valence-corrected chi connectivity index (χ2v) is 6.98. The molecule has 17 heavy (non-hydrogen) atoms. The van der Waals surface area contributed by atoms with Crippen molar-refractivity contribution in [3.05, 3.63) is 0 Å². The topological polar surface area (TPSA) is 20.2 Å². The lowest BCUT2D eigenvalue weighted by Crippen LogP contribution is -2.34. The number of fused-ring (bicyclic) bond motifs is 1. The highest BCUT2D eigenvalue weighted by Gasteiger charge is 2.35. The van der Waals surface area contributed by atoms with E-state index in [2.05, 4.69) is 0 Å². The molecule has 0 aliphatic heterocycles. The van der Waals surface area contributed by atoms with Crippen molar-refractivity contribution < 1.29 is 5.11 Å². The van der Waals surface area contributed by atoms with Gasteiger partial charge in [0.15, 0.2) is 0 Å². The smallest absolute Gasteiger partial charge is 0.0571 e. The highest BCUT2D eigenvalue weighted by molar-refractivity contribution is 4.87. The Balaban J connectivity index is 1.50. The van der Waals surface area contributed by atoms with Gasteiger partial charge in [-0.3, -0.25) is 0 Å². The van der Waals surface area contributed by atoms with Gasteiger partial charge in [-0.05, 0) is 49.4 Å². The molecule has 0 spiro atoms. The van der Waals surface area contributed by atoms with Gasteiger partial charge >= 0.3 is 0 Å². The zero-order valence-electron chi connectivity index (χ0n) is 11.1. The molecule has 3 saturated carbocycles. The first kappa shape index (κ1) is 12.0. The van der Waals surface area contributed by atoms with Gasteiger partial charge in [0, 0.05) is 0 Å². The Morgan fingerprint density at radius 1 is 0.824 bits per heavy atom. The molecule has 0 radical (unpaired) electrons. The van der Waals surface area contributed by atoms with Gasteiger partial charge in [-0.15, -0.1) is 0 Å². The normalized spacial score (nSPS) is 40.4. The third-order valence-corrected chi connectivity index (χ3v) is 5.92. The fourth-order valence-corrected chi connectivity index (χ4v) is 4.52. The van der Waals surface area contributed by atoms with E-state index < -0.39 is 0 Å². The Morgan fingerprint density at radius 2 is 1.59 bits per heavy atom. The molecule has 0 heterocycles. The molecule has 4 atom stereocenters. The van der Waals surface area contributed by atoms with Crippen LogP contribution in [0.15, 0.2) is 0 Å². The van der Waals surface area contributed by atoms with E-state index in [-0.39, 0.29) is 6.10 Å². The van der Waals surface area contributed by atoms with Crippen molar-refractivity contribution in [2.24, 2.45) is 23.7 Å². The van der Waals surface area contributed by atoms with Crippen LogP contribution >= 0.6 is 0 Å². The molecule has 0 amide bonds. The van der Waals surface area contributed by atoms with E-state index in [1.54, 1.807) is 0 Å². The molecule has 3 aliphatic carbocycles. The van der Waals surface area contributed by atoms with Crippen molar-refractivity contribution in [3.8, 4) is 0 Å². The highest BCUT2D eigenvalue weighted by Crippen LogP contribution is 2.45. The SMILES string of the molecule is OC(CC1CCC1)C1CCC2CCCCC2C1. The molecule has 4 unspecified atom stereocenters. The van der Waals surface area contributed by atoms with Crippen LogP contribution in [-0.4, -0.2) is 11.2 Å².